The molecule has 1 aliphatic rings. The van der Waals surface area contributed by atoms with Crippen LogP contribution in [0.4, 0.5) is 0 Å². The van der Waals surface area contributed by atoms with Gasteiger partial charge in [0.1, 0.15) is 5.54 Å². The van der Waals surface area contributed by atoms with Crippen molar-refractivity contribution in [2.24, 2.45) is 5.92 Å². The summed E-state index contributed by atoms with van der Waals surface area (Å²) in [5.74, 6) is -0.895. The Morgan fingerprint density at radius 3 is 2.75 bits per heavy atom. The second kappa shape index (κ2) is 2.75. The SMILES string of the molecule is CC1CC(C)(C(=O)NO)NC1=O. The monoisotopic (exact) mass is 172 g/mol. The molecule has 2 atom stereocenters. The third-order valence-corrected chi connectivity index (χ3v) is 2.16. The largest absolute Gasteiger partial charge is 0.342 e. The highest BCUT2D eigenvalue weighted by molar-refractivity contribution is 5.94. The molecule has 5 nitrogen and oxygen atoms in total. The minimum atomic E-state index is -0.953. The summed E-state index contributed by atoms with van der Waals surface area (Å²) in [5.41, 5.74) is 0.582. The third-order valence-electron chi connectivity index (χ3n) is 2.16. The zero-order valence-corrected chi connectivity index (χ0v) is 7.05. The Kier molecular flexibility index (Phi) is 2.06. The third kappa shape index (κ3) is 1.27. The zero-order valence-electron chi connectivity index (χ0n) is 7.05. The Hall–Kier alpha value is -1.10. The smallest absolute Gasteiger partial charge is 0.268 e. The van der Waals surface area contributed by atoms with E-state index >= 15 is 0 Å². The molecule has 0 aromatic heterocycles. The molecule has 1 fully saturated rings. The van der Waals surface area contributed by atoms with E-state index in [1.54, 1.807) is 13.8 Å². The van der Waals surface area contributed by atoms with Crippen LogP contribution in [-0.4, -0.2) is 22.6 Å². The first-order chi connectivity index (χ1) is 5.49. The van der Waals surface area contributed by atoms with Crippen LogP contribution in [0.1, 0.15) is 20.3 Å². The number of hydrogen-bond acceptors (Lipinski definition) is 3. The molecule has 1 aliphatic heterocycles. The molecule has 5 heteroatoms. The van der Waals surface area contributed by atoms with Gasteiger partial charge in [-0.05, 0) is 13.3 Å². The van der Waals surface area contributed by atoms with Crippen LogP contribution >= 0.6 is 0 Å². The van der Waals surface area contributed by atoms with Gasteiger partial charge in [0, 0.05) is 5.92 Å². The maximum absolute atomic E-state index is 11.1. The predicted molar refractivity (Wildman–Crippen MR) is 40.3 cm³/mol. The lowest BCUT2D eigenvalue weighted by Gasteiger charge is -2.20. The second-order valence-corrected chi connectivity index (χ2v) is 3.37. The quantitative estimate of drug-likeness (QED) is 0.365. The Labute approximate surface area is 70.1 Å². The Balaban J connectivity index is 2.76. The second-order valence-electron chi connectivity index (χ2n) is 3.37. The molecule has 1 heterocycles. The maximum atomic E-state index is 11.1. The molecular weight excluding hydrogens is 160 g/mol. The van der Waals surface area contributed by atoms with Gasteiger partial charge in [0.15, 0.2) is 0 Å². The highest BCUT2D eigenvalue weighted by Gasteiger charge is 2.43. The van der Waals surface area contributed by atoms with Gasteiger partial charge in [-0.2, -0.15) is 0 Å². The summed E-state index contributed by atoms with van der Waals surface area (Å²) in [6.07, 6.45) is 0.415. The summed E-state index contributed by atoms with van der Waals surface area (Å²) >= 11 is 0. The van der Waals surface area contributed by atoms with E-state index in [1.807, 2.05) is 0 Å². The first-order valence-electron chi connectivity index (χ1n) is 3.76. The summed E-state index contributed by atoms with van der Waals surface area (Å²) in [4.78, 5) is 22.1. The molecule has 0 bridgehead atoms. The lowest BCUT2D eigenvalue weighted by Crippen LogP contribution is -2.51. The molecule has 0 saturated carbocycles. The summed E-state index contributed by atoms with van der Waals surface area (Å²) in [5, 5.41) is 10.9. The van der Waals surface area contributed by atoms with E-state index in [4.69, 9.17) is 5.21 Å². The highest BCUT2D eigenvalue weighted by atomic mass is 16.5. The van der Waals surface area contributed by atoms with Crippen LogP contribution in [0.5, 0.6) is 0 Å². The van der Waals surface area contributed by atoms with Crippen LogP contribution in [0.3, 0.4) is 0 Å². The van der Waals surface area contributed by atoms with Gasteiger partial charge >= 0.3 is 0 Å². The first kappa shape index (κ1) is 8.99. The van der Waals surface area contributed by atoms with Crippen molar-refractivity contribution >= 4 is 11.8 Å². The molecular formula is C7H12N2O3. The summed E-state index contributed by atoms with van der Waals surface area (Å²) < 4.78 is 0. The molecule has 2 unspecified atom stereocenters. The van der Waals surface area contributed by atoms with E-state index < -0.39 is 11.4 Å². The van der Waals surface area contributed by atoms with Crippen molar-refractivity contribution in [3.05, 3.63) is 0 Å². The molecule has 0 spiro atoms. The van der Waals surface area contributed by atoms with Crippen LogP contribution in [-0.2, 0) is 9.59 Å². The van der Waals surface area contributed by atoms with E-state index in [9.17, 15) is 9.59 Å². The average Bonchev–Trinajstić information content (AvgIpc) is 2.26. The number of hydroxylamine groups is 1. The Morgan fingerprint density at radius 2 is 2.42 bits per heavy atom. The molecule has 3 N–H and O–H groups in total. The van der Waals surface area contributed by atoms with Crippen LogP contribution in [0.15, 0.2) is 0 Å². The van der Waals surface area contributed by atoms with Gasteiger partial charge in [-0.15, -0.1) is 0 Å². The summed E-state index contributed by atoms with van der Waals surface area (Å²) in [6, 6.07) is 0. The van der Waals surface area contributed by atoms with Crippen molar-refractivity contribution in [3.63, 3.8) is 0 Å². The van der Waals surface area contributed by atoms with E-state index in [0.29, 0.717) is 6.42 Å². The normalized spacial score (nSPS) is 34.6. The van der Waals surface area contributed by atoms with Crippen LogP contribution in [0, 0.1) is 5.92 Å². The van der Waals surface area contributed by atoms with Crippen molar-refractivity contribution in [1.82, 2.24) is 10.8 Å². The van der Waals surface area contributed by atoms with E-state index in [0.717, 1.165) is 0 Å². The van der Waals surface area contributed by atoms with E-state index in [2.05, 4.69) is 5.32 Å². The molecule has 12 heavy (non-hydrogen) atoms. The molecule has 1 rings (SSSR count). The van der Waals surface area contributed by atoms with Crippen LogP contribution in [0.2, 0.25) is 0 Å². The standard InChI is InChI=1S/C7H12N2O3/c1-4-3-7(2,6(11)9-12)8-5(4)10/h4,12H,3H2,1-2H3,(H,8,10)(H,9,11). The molecule has 0 radical (unpaired) electrons. The Bertz CT molecular complexity index is 229. The van der Waals surface area contributed by atoms with E-state index in [1.165, 1.54) is 5.48 Å². The molecule has 68 valence electrons. The lowest BCUT2D eigenvalue weighted by atomic mass is 9.95. The molecule has 2 amide bonds. The Morgan fingerprint density at radius 1 is 1.83 bits per heavy atom. The maximum Gasteiger partial charge on any atom is 0.268 e. The van der Waals surface area contributed by atoms with Gasteiger partial charge in [-0.25, -0.2) is 5.48 Å². The summed E-state index contributed by atoms with van der Waals surface area (Å²) in [7, 11) is 0. The van der Waals surface area contributed by atoms with Gasteiger partial charge in [-0.3, -0.25) is 14.8 Å². The highest BCUT2D eigenvalue weighted by Crippen LogP contribution is 2.24. The van der Waals surface area contributed by atoms with Crippen molar-refractivity contribution in [1.29, 1.82) is 0 Å². The number of rotatable bonds is 1. The predicted octanol–water partition coefficient (Wildman–Crippen LogP) is -0.594. The fourth-order valence-corrected chi connectivity index (χ4v) is 1.42. The van der Waals surface area contributed by atoms with Gasteiger partial charge in [0.25, 0.3) is 5.91 Å². The average molecular weight is 172 g/mol. The van der Waals surface area contributed by atoms with Crippen molar-refractivity contribution in [3.8, 4) is 0 Å². The summed E-state index contributed by atoms with van der Waals surface area (Å²) in [6.45, 7) is 3.32. The fraction of sp³-hybridized carbons (Fsp3) is 0.714. The zero-order chi connectivity index (χ0) is 9.35. The number of carbonyl (C=O) groups is 2. The topological polar surface area (TPSA) is 78.4 Å². The minimum absolute atomic E-state index is 0.152. The number of nitrogens with one attached hydrogen (secondary N) is 2. The minimum Gasteiger partial charge on any atom is -0.342 e. The molecule has 1 saturated heterocycles. The first-order valence-corrected chi connectivity index (χ1v) is 3.76. The molecule has 0 aromatic carbocycles. The van der Waals surface area contributed by atoms with Crippen molar-refractivity contribution in [2.75, 3.05) is 0 Å². The van der Waals surface area contributed by atoms with Gasteiger partial charge in [-0.1, -0.05) is 6.92 Å². The van der Waals surface area contributed by atoms with Gasteiger partial charge < -0.3 is 5.32 Å². The van der Waals surface area contributed by atoms with Crippen LogP contribution < -0.4 is 10.8 Å². The number of amides is 2. The lowest BCUT2D eigenvalue weighted by molar-refractivity contribution is -0.136. The number of carbonyl (C=O) groups excluding carboxylic acids is 2. The fourth-order valence-electron chi connectivity index (χ4n) is 1.42. The van der Waals surface area contributed by atoms with Gasteiger partial charge in [0.05, 0.1) is 0 Å². The van der Waals surface area contributed by atoms with Gasteiger partial charge in [0.2, 0.25) is 5.91 Å². The molecule has 0 aromatic rings. The number of hydrogen-bond donors (Lipinski definition) is 3. The van der Waals surface area contributed by atoms with Crippen molar-refractivity contribution < 1.29 is 14.8 Å². The van der Waals surface area contributed by atoms with Crippen LogP contribution in [0.25, 0.3) is 0 Å². The van der Waals surface area contributed by atoms with Crippen molar-refractivity contribution in [2.45, 2.75) is 25.8 Å². The molecule has 0 aliphatic carbocycles. The van der Waals surface area contributed by atoms with E-state index in [-0.39, 0.29) is 11.8 Å².